The lowest BCUT2D eigenvalue weighted by Crippen LogP contribution is -2.34. The van der Waals surface area contributed by atoms with E-state index in [-0.39, 0.29) is 0 Å². The fourth-order valence-electron chi connectivity index (χ4n) is 1.15. The molecule has 0 fully saturated rings. The van der Waals surface area contributed by atoms with Gasteiger partial charge in [-0.2, -0.15) is 0 Å². The van der Waals surface area contributed by atoms with E-state index in [4.69, 9.17) is 10.8 Å². The Morgan fingerprint density at radius 1 is 1.80 bits per heavy atom. The van der Waals surface area contributed by atoms with Gasteiger partial charge in [-0.1, -0.05) is 6.08 Å². The Hall–Kier alpha value is -0.540. The van der Waals surface area contributed by atoms with Crippen LogP contribution in [0.25, 0.3) is 0 Å². The molecule has 0 aromatic rings. The van der Waals surface area contributed by atoms with Crippen molar-refractivity contribution >= 4 is 0 Å². The molecule has 0 amide bonds. The highest BCUT2D eigenvalue weighted by atomic mass is 16.3. The van der Waals surface area contributed by atoms with E-state index in [2.05, 4.69) is 11.4 Å². The molecule has 0 aliphatic carbocycles. The van der Waals surface area contributed by atoms with Crippen molar-refractivity contribution in [3.8, 4) is 0 Å². The normalized spacial score (nSPS) is 27.6. The van der Waals surface area contributed by atoms with Crippen LogP contribution in [0.4, 0.5) is 0 Å². The summed E-state index contributed by atoms with van der Waals surface area (Å²) in [4.78, 5) is 0. The number of aliphatic hydroxyl groups is 1. The van der Waals surface area contributed by atoms with Crippen LogP contribution in [0, 0.1) is 0 Å². The molecule has 0 radical (unpaired) electrons. The van der Waals surface area contributed by atoms with E-state index < -0.39 is 6.23 Å². The summed E-state index contributed by atoms with van der Waals surface area (Å²) in [6.07, 6.45) is 6.14. The van der Waals surface area contributed by atoms with Crippen LogP contribution in [0.3, 0.4) is 0 Å². The molecule has 58 valence electrons. The molecule has 4 N–H and O–H groups in total. The highest BCUT2D eigenvalue weighted by Crippen LogP contribution is 2.07. The van der Waals surface area contributed by atoms with Crippen LogP contribution in [0.2, 0.25) is 0 Å². The second kappa shape index (κ2) is 3.58. The molecule has 0 bridgehead atoms. The van der Waals surface area contributed by atoms with Crippen LogP contribution in [0.1, 0.15) is 19.3 Å². The Bertz CT molecular complexity index is 123. The molecular formula is C7H14N2O. The number of rotatable bonds is 2. The Balaban J connectivity index is 2.22. The van der Waals surface area contributed by atoms with E-state index in [0.717, 1.165) is 12.8 Å². The third kappa shape index (κ3) is 2.37. The zero-order valence-electron chi connectivity index (χ0n) is 5.96. The second-order valence-corrected chi connectivity index (χ2v) is 2.65. The Labute approximate surface area is 60.9 Å². The molecule has 0 aromatic heterocycles. The molecule has 0 saturated carbocycles. The highest BCUT2D eigenvalue weighted by Gasteiger charge is 2.10. The molecule has 0 spiro atoms. The fourth-order valence-corrected chi connectivity index (χ4v) is 1.15. The van der Waals surface area contributed by atoms with Gasteiger partial charge in [0.1, 0.15) is 6.23 Å². The van der Waals surface area contributed by atoms with Crippen molar-refractivity contribution in [1.29, 1.82) is 0 Å². The maximum atomic E-state index is 8.82. The average molecular weight is 142 g/mol. The number of hydrogen-bond donors (Lipinski definition) is 3. The van der Waals surface area contributed by atoms with Gasteiger partial charge in [-0.15, -0.1) is 0 Å². The number of aliphatic hydroxyl groups excluding tert-OH is 1. The smallest absolute Gasteiger partial charge is 0.104 e. The van der Waals surface area contributed by atoms with Crippen LogP contribution >= 0.6 is 0 Å². The van der Waals surface area contributed by atoms with Gasteiger partial charge in [0.15, 0.2) is 0 Å². The van der Waals surface area contributed by atoms with E-state index in [0.29, 0.717) is 12.5 Å². The van der Waals surface area contributed by atoms with Gasteiger partial charge in [-0.05, 0) is 19.0 Å². The van der Waals surface area contributed by atoms with Crippen LogP contribution in [-0.2, 0) is 0 Å². The SMILES string of the molecule is NC(O)C[C@H]1CCC=CN1. The molecule has 3 heteroatoms. The van der Waals surface area contributed by atoms with Crippen LogP contribution < -0.4 is 11.1 Å². The second-order valence-electron chi connectivity index (χ2n) is 2.65. The van der Waals surface area contributed by atoms with E-state index >= 15 is 0 Å². The molecule has 0 saturated heterocycles. The number of allylic oxidation sites excluding steroid dienone is 1. The Morgan fingerprint density at radius 2 is 2.60 bits per heavy atom. The van der Waals surface area contributed by atoms with Crippen LogP contribution in [-0.4, -0.2) is 17.4 Å². The first-order valence-electron chi connectivity index (χ1n) is 3.64. The summed E-state index contributed by atoms with van der Waals surface area (Å²) < 4.78 is 0. The van der Waals surface area contributed by atoms with Gasteiger partial charge in [0.2, 0.25) is 0 Å². The minimum absolute atomic E-state index is 0.366. The summed E-state index contributed by atoms with van der Waals surface area (Å²) in [6, 6.07) is 0.366. The standard InChI is InChI=1S/C7H14N2O/c8-7(10)5-6-3-1-2-4-9-6/h2,4,6-7,9-10H,1,3,5,8H2/t6-,7?/m1/s1. The molecular weight excluding hydrogens is 128 g/mol. The monoisotopic (exact) mass is 142 g/mol. The number of nitrogens with one attached hydrogen (secondary N) is 1. The van der Waals surface area contributed by atoms with Gasteiger partial charge in [0.05, 0.1) is 0 Å². The molecule has 10 heavy (non-hydrogen) atoms. The van der Waals surface area contributed by atoms with Gasteiger partial charge < -0.3 is 16.2 Å². The lowest BCUT2D eigenvalue weighted by Gasteiger charge is -2.20. The summed E-state index contributed by atoms with van der Waals surface area (Å²) in [7, 11) is 0. The molecule has 1 unspecified atom stereocenters. The number of hydrogen-bond acceptors (Lipinski definition) is 3. The maximum Gasteiger partial charge on any atom is 0.104 e. The van der Waals surface area contributed by atoms with Crippen molar-refractivity contribution in [2.24, 2.45) is 5.73 Å². The summed E-state index contributed by atoms with van der Waals surface area (Å²) in [6.45, 7) is 0. The Kier molecular flexibility index (Phi) is 2.71. The molecule has 3 nitrogen and oxygen atoms in total. The first-order chi connectivity index (χ1) is 4.79. The zero-order chi connectivity index (χ0) is 7.40. The third-order valence-corrected chi connectivity index (χ3v) is 1.66. The molecule has 2 atom stereocenters. The van der Waals surface area contributed by atoms with Gasteiger partial charge in [0.25, 0.3) is 0 Å². The zero-order valence-corrected chi connectivity index (χ0v) is 5.96. The first-order valence-corrected chi connectivity index (χ1v) is 3.64. The van der Waals surface area contributed by atoms with E-state index in [1.54, 1.807) is 0 Å². The van der Waals surface area contributed by atoms with Crippen molar-refractivity contribution < 1.29 is 5.11 Å². The quantitative estimate of drug-likeness (QED) is 0.473. The maximum absolute atomic E-state index is 8.82. The van der Waals surface area contributed by atoms with Crippen molar-refractivity contribution in [2.75, 3.05) is 0 Å². The van der Waals surface area contributed by atoms with Gasteiger partial charge in [0, 0.05) is 12.5 Å². The summed E-state index contributed by atoms with van der Waals surface area (Å²) >= 11 is 0. The van der Waals surface area contributed by atoms with Crippen LogP contribution in [0.15, 0.2) is 12.3 Å². The van der Waals surface area contributed by atoms with E-state index in [9.17, 15) is 0 Å². The molecule has 1 heterocycles. The molecule has 1 rings (SSSR count). The van der Waals surface area contributed by atoms with E-state index in [1.165, 1.54) is 0 Å². The first kappa shape index (κ1) is 7.57. The lowest BCUT2D eigenvalue weighted by atomic mass is 10.1. The number of nitrogens with two attached hydrogens (primary N) is 1. The highest BCUT2D eigenvalue weighted by molar-refractivity contribution is 4.90. The van der Waals surface area contributed by atoms with Crippen LogP contribution in [0.5, 0.6) is 0 Å². The summed E-state index contributed by atoms with van der Waals surface area (Å²) in [5, 5.41) is 11.9. The van der Waals surface area contributed by atoms with Gasteiger partial charge >= 0.3 is 0 Å². The van der Waals surface area contributed by atoms with Crippen molar-refractivity contribution in [2.45, 2.75) is 31.5 Å². The molecule has 0 aromatic carbocycles. The van der Waals surface area contributed by atoms with E-state index in [1.807, 2.05) is 6.20 Å². The van der Waals surface area contributed by atoms with Crippen molar-refractivity contribution in [3.63, 3.8) is 0 Å². The molecule has 1 aliphatic heterocycles. The minimum atomic E-state index is -0.677. The van der Waals surface area contributed by atoms with Crippen molar-refractivity contribution in [3.05, 3.63) is 12.3 Å². The predicted molar refractivity (Wildman–Crippen MR) is 40.1 cm³/mol. The summed E-state index contributed by atoms with van der Waals surface area (Å²) in [5.74, 6) is 0. The lowest BCUT2D eigenvalue weighted by molar-refractivity contribution is 0.156. The average Bonchev–Trinajstić information content (AvgIpc) is 1.88. The third-order valence-electron chi connectivity index (χ3n) is 1.66. The largest absolute Gasteiger partial charge is 0.388 e. The Morgan fingerprint density at radius 3 is 3.10 bits per heavy atom. The van der Waals surface area contributed by atoms with Gasteiger partial charge in [-0.3, -0.25) is 0 Å². The fraction of sp³-hybridized carbons (Fsp3) is 0.714. The minimum Gasteiger partial charge on any atom is -0.388 e. The van der Waals surface area contributed by atoms with Gasteiger partial charge in [-0.25, -0.2) is 0 Å². The molecule has 1 aliphatic rings. The predicted octanol–water partition coefficient (Wildman–Crippen LogP) is -0.0807. The summed E-state index contributed by atoms with van der Waals surface area (Å²) in [5.41, 5.74) is 5.21. The van der Waals surface area contributed by atoms with Crippen molar-refractivity contribution in [1.82, 2.24) is 5.32 Å². The topological polar surface area (TPSA) is 58.3 Å².